The van der Waals surface area contributed by atoms with Gasteiger partial charge in [-0.25, -0.2) is 14.1 Å². The van der Waals surface area contributed by atoms with E-state index in [1.54, 1.807) is 32.3 Å². The molecule has 1 aliphatic rings. The van der Waals surface area contributed by atoms with Gasteiger partial charge in [0, 0.05) is 24.2 Å². The second-order valence-corrected chi connectivity index (χ2v) is 7.39. The van der Waals surface area contributed by atoms with Gasteiger partial charge in [-0.3, -0.25) is 9.78 Å². The zero-order chi connectivity index (χ0) is 20.5. The molecule has 1 saturated heterocycles. The predicted molar refractivity (Wildman–Crippen MR) is 107 cm³/mol. The normalized spacial score (nSPS) is 18.9. The Morgan fingerprint density at radius 3 is 2.79 bits per heavy atom. The number of hydrogen-bond donors (Lipinski definition) is 0. The highest BCUT2D eigenvalue weighted by atomic mass is 19.1. The monoisotopic (exact) mass is 392 g/mol. The number of cyclic esters (lactones) is 1. The first kappa shape index (κ1) is 19.1. The van der Waals surface area contributed by atoms with Crippen molar-refractivity contribution < 1.29 is 18.7 Å². The van der Waals surface area contributed by atoms with Crippen molar-refractivity contribution in [2.75, 3.05) is 0 Å². The van der Waals surface area contributed by atoms with Gasteiger partial charge in [-0.05, 0) is 54.5 Å². The van der Waals surface area contributed by atoms with E-state index in [2.05, 4.69) is 4.98 Å². The quantitative estimate of drug-likeness (QED) is 0.644. The number of nitrogens with zero attached hydrogens (tertiary/aromatic N) is 2. The lowest BCUT2D eigenvalue weighted by Gasteiger charge is -2.19. The molecule has 0 unspecified atom stereocenters. The summed E-state index contributed by atoms with van der Waals surface area (Å²) in [5, 5.41) is 2.05. The molecule has 2 atom stereocenters. The van der Waals surface area contributed by atoms with Crippen LogP contribution in [-0.2, 0) is 16.0 Å². The smallest absolute Gasteiger partial charge is 0.417 e. The second-order valence-electron chi connectivity index (χ2n) is 7.39. The molecule has 0 spiro atoms. The number of aromatic nitrogens is 1. The summed E-state index contributed by atoms with van der Waals surface area (Å²) in [6, 6.07) is 11.9. The maximum absolute atomic E-state index is 13.8. The number of pyridine rings is 1. The van der Waals surface area contributed by atoms with Crippen LogP contribution in [0.2, 0.25) is 0 Å². The van der Waals surface area contributed by atoms with Crippen LogP contribution in [0.15, 0.2) is 54.9 Å². The maximum Gasteiger partial charge on any atom is 0.417 e. The van der Waals surface area contributed by atoms with Gasteiger partial charge in [0.1, 0.15) is 11.9 Å². The number of hydrogen-bond acceptors (Lipinski definition) is 4. The Labute approximate surface area is 168 Å². The molecule has 5 nitrogen and oxygen atoms in total. The summed E-state index contributed by atoms with van der Waals surface area (Å²) in [4.78, 5) is 30.6. The fourth-order valence-corrected chi connectivity index (χ4v) is 3.91. The van der Waals surface area contributed by atoms with E-state index in [1.165, 1.54) is 12.1 Å². The first-order chi connectivity index (χ1) is 13.9. The Bertz CT molecular complexity index is 1070. The number of amides is 2. The van der Waals surface area contributed by atoms with Gasteiger partial charge in [0.05, 0.1) is 6.04 Å². The molecule has 2 amide bonds. The molecule has 0 aliphatic carbocycles. The average molecular weight is 392 g/mol. The molecule has 2 aromatic carbocycles. The lowest BCUT2D eigenvalue weighted by Crippen LogP contribution is -2.37. The standard InChI is InChI=1S/C23H21FN2O3/c1-14-9-18(11-19(24)10-14)22-15(2)26(23(28)29-22)21(27)8-7-17-13-25-12-16-5-3-4-6-20(16)17/h3-6,9-13,15,22H,7-8H2,1-2H3/t15-,22-/m0/s1. The van der Waals surface area contributed by atoms with Crippen LogP contribution in [0.5, 0.6) is 0 Å². The summed E-state index contributed by atoms with van der Waals surface area (Å²) in [6.07, 6.45) is 2.79. The Balaban J connectivity index is 1.50. The Kier molecular flexibility index (Phi) is 5.01. The molecule has 1 aliphatic heterocycles. The second kappa shape index (κ2) is 7.62. The van der Waals surface area contributed by atoms with Crippen LogP contribution in [-0.4, -0.2) is 27.9 Å². The SMILES string of the molecule is Cc1cc(F)cc([C@H]2OC(=O)N(C(=O)CCc3cncc4ccccc34)[C@H]2C)c1. The number of benzene rings is 2. The number of ether oxygens (including phenoxy) is 1. The van der Waals surface area contributed by atoms with E-state index >= 15 is 0 Å². The van der Waals surface area contributed by atoms with Crippen LogP contribution in [0.3, 0.4) is 0 Å². The van der Waals surface area contributed by atoms with E-state index in [9.17, 15) is 14.0 Å². The van der Waals surface area contributed by atoms with Gasteiger partial charge < -0.3 is 4.74 Å². The van der Waals surface area contributed by atoms with Gasteiger partial charge in [-0.2, -0.15) is 0 Å². The van der Waals surface area contributed by atoms with Gasteiger partial charge in [0.15, 0.2) is 0 Å². The number of halogens is 1. The summed E-state index contributed by atoms with van der Waals surface area (Å²) in [5.41, 5.74) is 2.24. The van der Waals surface area contributed by atoms with E-state index in [0.29, 0.717) is 12.0 Å². The zero-order valence-electron chi connectivity index (χ0n) is 16.3. The Morgan fingerprint density at radius 2 is 2.00 bits per heavy atom. The van der Waals surface area contributed by atoms with E-state index < -0.39 is 24.1 Å². The molecule has 0 saturated carbocycles. The van der Waals surface area contributed by atoms with Crippen LogP contribution >= 0.6 is 0 Å². The van der Waals surface area contributed by atoms with Gasteiger partial charge in [-0.1, -0.05) is 30.3 Å². The summed E-state index contributed by atoms with van der Waals surface area (Å²) in [7, 11) is 0. The van der Waals surface area contributed by atoms with Crippen molar-refractivity contribution in [1.29, 1.82) is 0 Å². The first-order valence-corrected chi connectivity index (χ1v) is 9.55. The molecule has 4 rings (SSSR count). The number of aryl methyl sites for hydroxylation is 2. The molecule has 29 heavy (non-hydrogen) atoms. The van der Waals surface area contributed by atoms with Crippen LogP contribution in [0.4, 0.5) is 9.18 Å². The van der Waals surface area contributed by atoms with Crippen molar-refractivity contribution >= 4 is 22.8 Å². The molecule has 1 fully saturated rings. The summed E-state index contributed by atoms with van der Waals surface area (Å²) in [5.74, 6) is -0.706. The zero-order valence-corrected chi connectivity index (χ0v) is 16.3. The van der Waals surface area contributed by atoms with Crippen molar-refractivity contribution in [1.82, 2.24) is 9.88 Å². The fourth-order valence-electron chi connectivity index (χ4n) is 3.91. The van der Waals surface area contributed by atoms with E-state index in [0.717, 1.165) is 26.8 Å². The highest BCUT2D eigenvalue weighted by Gasteiger charge is 2.43. The van der Waals surface area contributed by atoms with Gasteiger partial charge in [0.2, 0.25) is 5.91 Å². The molecule has 3 aromatic rings. The summed E-state index contributed by atoms with van der Waals surface area (Å²) < 4.78 is 19.2. The van der Waals surface area contributed by atoms with Crippen molar-refractivity contribution in [2.45, 2.75) is 38.8 Å². The number of imide groups is 1. The number of carbonyl (C=O) groups is 2. The molecular formula is C23H21FN2O3. The highest BCUT2D eigenvalue weighted by Crippen LogP contribution is 2.34. The van der Waals surface area contributed by atoms with Crippen LogP contribution in [0.1, 0.15) is 36.1 Å². The number of fused-ring (bicyclic) bond motifs is 1. The van der Waals surface area contributed by atoms with E-state index in [1.807, 2.05) is 24.3 Å². The largest absolute Gasteiger partial charge is 0.439 e. The minimum atomic E-state index is -0.689. The molecule has 0 N–H and O–H groups in total. The topological polar surface area (TPSA) is 59.5 Å². The van der Waals surface area contributed by atoms with Crippen molar-refractivity contribution in [3.8, 4) is 0 Å². The fraction of sp³-hybridized carbons (Fsp3) is 0.261. The van der Waals surface area contributed by atoms with Crippen LogP contribution in [0, 0.1) is 12.7 Å². The highest BCUT2D eigenvalue weighted by molar-refractivity contribution is 5.94. The minimum absolute atomic E-state index is 0.157. The van der Waals surface area contributed by atoms with Crippen LogP contribution in [0.25, 0.3) is 10.8 Å². The average Bonchev–Trinajstić information content (AvgIpc) is 2.99. The van der Waals surface area contributed by atoms with Crippen molar-refractivity contribution in [3.63, 3.8) is 0 Å². The van der Waals surface area contributed by atoms with E-state index in [4.69, 9.17) is 4.74 Å². The number of rotatable bonds is 4. The molecule has 0 bridgehead atoms. The van der Waals surface area contributed by atoms with Crippen molar-refractivity contribution in [2.24, 2.45) is 0 Å². The Morgan fingerprint density at radius 1 is 1.21 bits per heavy atom. The lowest BCUT2D eigenvalue weighted by molar-refractivity contribution is -0.129. The minimum Gasteiger partial charge on any atom is -0.439 e. The van der Waals surface area contributed by atoms with E-state index in [-0.39, 0.29) is 12.3 Å². The maximum atomic E-state index is 13.8. The third kappa shape index (κ3) is 3.70. The van der Waals surface area contributed by atoms with Gasteiger partial charge in [-0.15, -0.1) is 0 Å². The molecule has 0 radical (unpaired) electrons. The van der Waals surface area contributed by atoms with Crippen molar-refractivity contribution in [3.05, 3.63) is 77.4 Å². The predicted octanol–water partition coefficient (Wildman–Crippen LogP) is 4.72. The lowest BCUT2D eigenvalue weighted by atomic mass is 10.0. The van der Waals surface area contributed by atoms with Gasteiger partial charge >= 0.3 is 6.09 Å². The number of carbonyl (C=O) groups excluding carboxylic acids is 2. The molecule has 6 heteroatoms. The Hall–Kier alpha value is -3.28. The molecule has 2 heterocycles. The molecular weight excluding hydrogens is 371 g/mol. The van der Waals surface area contributed by atoms with Crippen LogP contribution < -0.4 is 0 Å². The molecule has 1 aromatic heterocycles. The third-order valence-corrected chi connectivity index (χ3v) is 5.29. The summed E-state index contributed by atoms with van der Waals surface area (Å²) in [6.45, 7) is 3.52. The summed E-state index contributed by atoms with van der Waals surface area (Å²) >= 11 is 0. The van der Waals surface area contributed by atoms with Gasteiger partial charge in [0.25, 0.3) is 0 Å². The molecule has 148 valence electrons. The third-order valence-electron chi connectivity index (χ3n) is 5.29. The first-order valence-electron chi connectivity index (χ1n) is 9.55.